The van der Waals surface area contributed by atoms with Gasteiger partial charge in [0.05, 0.1) is 27.8 Å². The molecule has 0 aliphatic carbocycles. The van der Waals surface area contributed by atoms with Crippen LogP contribution in [0.15, 0.2) is 41.3 Å². The molecule has 0 spiro atoms. The van der Waals surface area contributed by atoms with Crippen LogP contribution in [0.3, 0.4) is 0 Å². The van der Waals surface area contributed by atoms with Crippen LogP contribution in [0.4, 0.5) is 18.9 Å². The van der Waals surface area contributed by atoms with Crippen molar-refractivity contribution in [3.63, 3.8) is 0 Å². The number of hydrogen-bond donors (Lipinski definition) is 1. The van der Waals surface area contributed by atoms with Crippen LogP contribution in [-0.2, 0) is 21.0 Å². The van der Waals surface area contributed by atoms with Crippen LogP contribution >= 0.6 is 34.8 Å². The highest BCUT2D eigenvalue weighted by Gasteiger charge is 2.32. The van der Waals surface area contributed by atoms with E-state index in [1.165, 1.54) is 22.5 Å². The molecule has 32 heavy (non-hydrogen) atoms. The van der Waals surface area contributed by atoms with Gasteiger partial charge in [-0.1, -0.05) is 34.8 Å². The standard InChI is InChI=1S/C19H17Cl3F3N3O3S/c20-13-2-4-15(22)17(10-13)32(30,31)28-7-5-27(6-8-28)11-18(29)26-16-9-12(19(23,24)25)1-3-14(16)21/h1-4,9-10H,5-8,11H2,(H,26,29). The summed E-state index contributed by atoms with van der Waals surface area (Å²) in [5.74, 6) is -0.569. The number of carbonyl (C=O) groups excluding carboxylic acids is 1. The zero-order chi connectivity index (χ0) is 23.7. The van der Waals surface area contributed by atoms with E-state index >= 15 is 0 Å². The number of amides is 1. The van der Waals surface area contributed by atoms with Crippen LogP contribution in [0.1, 0.15) is 5.56 Å². The lowest BCUT2D eigenvalue weighted by molar-refractivity contribution is -0.137. The van der Waals surface area contributed by atoms with E-state index in [1.54, 1.807) is 4.90 Å². The maximum atomic E-state index is 12.9. The molecule has 0 saturated carbocycles. The normalized spacial score (nSPS) is 16.2. The number of rotatable bonds is 5. The van der Waals surface area contributed by atoms with Crippen LogP contribution in [0.25, 0.3) is 0 Å². The van der Waals surface area contributed by atoms with Crippen molar-refractivity contribution in [1.82, 2.24) is 9.21 Å². The molecule has 1 amide bonds. The van der Waals surface area contributed by atoms with Gasteiger partial charge in [-0.15, -0.1) is 0 Å². The Kier molecular flexibility index (Phi) is 7.63. The Hall–Kier alpha value is -1.56. The Morgan fingerprint density at radius 1 is 0.969 bits per heavy atom. The third-order valence-corrected chi connectivity index (χ3v) is 7.72. The molecule has 1 aliphatic rings. The Balaban J connectivity index is 1.61. The number of sulfonamides is 1. The SMILES string of the molecule is O=C(CN1CCN(S(=O)(=O)c2cc(Cl)ccc2Cl)CC1)Nc1cc(C(F)(F)F)ccc1Cl. The average Bonchev–Trinajstić information content (AvgIpc) is 2.71. The monoisotopic (exact) mass is 529 g/mol. The molecular weight excluding hydrogens is 514 g/mol. The van der Waals surface area contributed by atoms with Gasteiger partial charge in [0.2, 0.25) is 15.9 Å². The molecule has 0 atom stereocenters. The average molecular weight is 531 g/mol. The van der Waals surface area contributed by atoms with E-state index in [0.29, 0.717) is 0 Å². The van der Waals surface area contributed by atoms with Gasteiger partial charge in [0.25, 0.3) is 0 Å². The molecule has 2 aromatic carbocycles. The molecule has 6 nitrogen and oxygen atoms in total. The minimum Gasteiger partial charge on any atom is -0.324 e. The second-order valence-electron chi connectivity index (χ2n) is 7.00. The number of nitrogens with one attached hydrogen (secondary N) is 1. The second-order valence-corrected chi connectivity index (χ2v) is 10.2. The van der Waals surface area contributed by atoms with E-state index < -0.39 is 27.7 Å². The molecule has 1 aliphatic heterocycles. The Morgan fingerprint density at radius 3 is 2.22 bits per heavy atom. The number of piperazine rings is 1. The first-order chi connectivity index (χ1) is 14.9. The maximum Gasteiger partial charge on any atom is 0.416 e. The van der Waals surface area contributed by atoms with Gasteiger partial charge in [0.1, 0.15) is 4.90 Å². The minimum atomic E-state index is -4.57. The van der Waals surface area contributed by atoms with Crippen molar-refractivity contribution < 1.29 is 26.4 Å². The van der Waals surface area contributed by atoms with Crippen molar-refractivity contribution in [1.29, 1.82) is 0 Å². The lowest BCUT2D eigenvalue weighted by Crippen LogP contribution is -2.50. The number of anilines is 1. The van der Waals surface area contributed by atoms with Crippen molar-refractivity contribution in [2.24, 2.45) is 0 Å². The van der Waals surface area contributed by atoms with E-state index in [0.717, 1.165) is 18.2 Å². The number of halogens is 6. The highest BCUT2D eigenvalue weighted by atomic mass is 35.5. The van der Waals surface area contributed by atoms with Crippen LogP contribution in [-0.4, -0.2) is 56.3 Å². The summed E-state index contributed by atoms with van der Waals surface area (Å²) in [4.78, 5) is 13.9. The number of alkyl halides is 3. The van der Waals surface area contributed by atoms with Crippen molar-refractivity contribution in [3.05, 3.63) is 57.0 Å². The molecule has 13 heteroatoms. The summed E-state index contributed by atoms with van der Waals surface area (Å²) in [5, 5.41) is 2.63. The third-order valence-electron chi connectivity index (χ3n) is 4.78. The van der Waals surface area contributed by atoms with Crippen molar-refractivity contribution in [2.75, 3.05) is 38.0 Å². The first-order valence-corrected chi connectivity index (χ1v) is 11.8. The van der Waals surface area contributed by atoms with E-state index in [9.17, 15) is 26.4 Å². The van der Waals surface area contributed by atoms with Gasteiger partial charge in [0.15, 0.2) is 0 Å². The fourth-order valence-electron chi connectivity index (χ4n) is 3.13. The van der Waals surface area contributed by atoms with Crippen LogP contribution in [0.2, 0.25) is 15.1 Å². The molecule has 174 valence electrons. The molecule has 2 aromatic rings. The number of hydrogen-bond acceptors (Lipinski definition) is 4. The smallest absolute Gasteiger partial charge is 0.324 e. The number of benzene rings is 2. The summed E-state index contributed by atoms with van der Waals surface area (Å²) in [7, 11) is -3.87. The molecule has 1 heterocycles. The topological polar surface area (TPSA) is 69.7 Å². The Morgan fingerprint density at radius 2 is 1.59 bits per heavy atom. The van der Waals surface area contributed by atoms with Gasteiger partial charge in [0, 0.05) is 31.2 Å². The lowest BCUT2D eigenvalue weighted by Gasteiger charge is -2.33. The molecule has 1 saturated heterocycles. The molecule has 0 bridgehead atoms. The van der Waals surface area contributed by atoms with Crippen LogP contribution < -0.4 is 5.32 Å². The van der Waals surface area contributed by atoms with Crippen molar-refractivity contribution in [2.45, 2.75) is 11.1 Å². The highest BCUT2D eigenvalue weighted by Crippen LogP contribution is 2.34. The zero-order valence-corrected chi connectivity index (χ0v) is 19.4. The molecule has 1 fully saturated rings. The van der Waals surface area contributed by atoms with E-state index in [-0.39, 0.29) is 58.4 Å². The van der Waals surface area contributed by atoms with Gasteiger partial charge in [-0.05, 0) is 36.4 Å². The van der Waals surface area contributed by atoms with Crippen LogP contribution in [0.5, 0.6) is 0 Å². The third kappa shape index (κ3) is 5.86. The fourth-order valence-corrected chi connectivity index (χ4v) is 5.46. The van der Waals surface area contributed by atoms with E-state index in [2.05, 4.69) is 5.32 Å². The molecule has 0 radical (unpaired) electrons. The Labute approximate surface area is 197 Å². The van der Waals surface area contributed by atoms with Crippen molar-refractivity contribution >= 4 is 56.4 Å². The van der Waals surface area contributed by atoms with Gasteiger partial charge in [-0.3, -0.25) is 9.69 Å². The Bertz CT molecular complexity index is 1120. The summed E-state index contributed by atoms with van der Waals surface area (Å²) in [6.45, 7) is 0.534. The molecule has 3 rings (SSSR count). The predicted octanol–water partition coefficient (Wildman–Crippen LogP) is 4.61. The van der Waals surface area contributed by atoms with Gasteiger partial charge >= 0.3 is 6.18 Å². The van der Waals surface area contributed by atoms with Gasteiger partial charge < -0.3 is 5.32 Å². The fraction of sp³-hybridized carbons (Fsp3) is 0.316. The summed E-state index contributed by atoms with van der Waals surface area (Å²) < 4.78 is 65.6. The molecular formula is C19H17Cl3F3N3O3S. The quantitative estimate of drug-likeness (QED) is 0.613. The minimum absolute atomic E-state index is 0.0272. The summed E-state index contributed by atoms with van der Waals surface area (Å²) in [5.41, 5.74) is -1.08. The highest BCUT2D eigenvalue weighted by molar-refractivity contribution is 7.89. The van der Waals surface area contributed by atoms with Crippen molar-refractivity contribution in [3.8, 4) is 0 Å². The summed E-state index contributed by atoms with van der Waals surface area (Å²) in [6.07, 6.45) is -4.57. The summed E-state index contributed by atoms with van der Waals surface area (Å²) in [6, 6.07) is 6.80. The molecule has 0 aromatic heterocycles. The number of carbonyl (C=O) groups is 1. The number of nitrogens with zero attached hydrogens (tertiary/aromatic N) is 2. The lowest BCUT2D eigenvalue weighted by atomic mass is 10.2. The second kappa shape index (κ2) is 9.74. The molecule has 0 unspecified atom stereocenters. The maximum absolute atomic E-state index is 12.9. The van der Waals surface area contributed by atoms with Gasteiger partial charge in [-0.2, -0.15) is 17.5 Å². The largest absolute Gasteiger partial charge is 0.416 e. The predicted molar refractivity (Wildman–Crippen MR) is 117 cm³/mol. The van der Waals surface area contributed by atoms with E-state index in [1.807, 2.05) is 0 Å². The zero-order valence-electron chi connectivity index (χ0n) is 16.3. The molecule has 1 N–H and O–H groups in total. The first-order valence-electron chi connectivity index (χ1n) is 9.22. The van der Waals surface area contributed by atoms with E-state index in [4.69, 9.17) is 34.8 Å². The first kappa shape index (κ1) is 25.1. The van der Waals surface area contributed by atoms with Gasteiger partial charge in [-0.25, -0.2) is 8.42 Å². The van der Waals surface area contributed by atoms with Crippen LogP contribution in [0, 0.1) is 0 Å². The summed E-state index contributed by atoms with van der Waals surface area (Å²) >= 11 is 17.8.